The summed E-state index contributed by atoms with van der Waals surface area (Å²) < 4.78 is 9.51. The summed E-state index contributed by atoms with van der Waals surface area (Å²) in [6, 6.07) is 18.3. The van der Waals surface area contributed by atoms with Crippen LogP contribution in [-0.4, -0.2) is 59.2 Å². The van der Waals surface area contributed by atoms with Gasteiger partial charge in [-0.3, -0.25) is 9.13 Å². The summed E-state index contributed by atoms with van der Waals surface area (Å²) in [6.45, 7) is 2.16. The fourth-order valence-electron chi connectivity index (χ4n) is 4.48. The molecule has 6 heteroatoms. The summed E-state index contributed by atoms with van der Waals surface area (Å²) in [7, 11) is 6.46. The van der Waals surface area contributed by atoms with E-state index in [2.05, 4.69) is 30.9 Å². The van der Waals surface area contributed by atoms with E-state index in [0.29, 0.717) is 6.04 Å². The van der Waals surface area contributed by atoms with Crippen molar-refractivity contribution < 1.29 is 4.74 Å². The molecular weight excluding hydrogens is 400 g/mol. The Bertz CT molecular complexity index is 1030. The predicted molar refractivity (Wildman–Crippen MR) is 129 cm³/mol. The lowest BCUT2D eigenvalue weighted by molar-refractivity contribution is 0.155. The number of ether oxygens (including phenoxy) is 1. The van der Waals surface area contributed by atoms with Crippen molar-refractivity contribution in [3.8, 4) is 17.2 Å². The summed E-state index contributed by atoms with van der Waals surface area (Å²) in [6.07, 6.45) is 8.19. The van der Waals surface area contributed by atoms with Gasteiger partial charge >= 0.3 is 5.69 Å². The van der Waals surface area contributed by atoms with Gasteiger partial charge in [-0.15, -0.1) is 0 Å². The number of hydrogen-bond donors (Lipinski definition) is 0. The van der Waals surface area contributed by atoms with Crippen LogP contribution in [0.25, 0.3) is 5.69 Å². The van der Waals surface area contributed by atoms with Crippen molar-refractivity contribution >= 4 is 0 Å². The molecule has 0 atom stereocenters. The third kappa shape index (κ3) is 5.31. The number of nitrogens with zero attached hydrogens (tertiary/aromatic N) is 4. The number of aromatic nitrogens is 2. The quantitative estimate of drug-likeness (QED) is 0.527. The Morgan fingerprint density at radius 1 is 0.844 bits per heavy atom. The zero-order valence-corrected chi connectivity index (χ0v) is 19.4. The van der Waals surface area contributed by atoms with Crippen molar-refractivity contribution in [1.82, 2.24) is 18.9 Å². The predicted octanol–water partition coefficient (Wildman–Crippen LogP) is 4.41. The first-order valence-electron chi connectivity index (χ1n) is 11.5. The summed E-state index contributed by atoms with van der Waals surface area (Å²) in [5.74, 6) is 1.55. The van der Waals surface area contributed by atoms with Crippen molar-refractivity contribution in [3.05, 3.63) is 77.5 Å². The smallest absolute Gasteiger partial charge is 0.332 e. The van der Waals surface area contributed by atoms with E-state index >= 15 is 0 Å². The first kappa shape index (κ1) is 22.4. The van der Waals surface area contributed by atoms with Crippen LogP contribution in [0.3, 0.4) is 0 Å². The minimum Gasteiger partial charge on any atom is -0.457 e. The highest BCUT2D eigenvalue weighted by molar-refractivity contribution is 5.39. The van der Waals surface area contributed by atoms with Crippen LogP contribution in [0.1, 0.15) is 31.7 Å². The molecule has 32 heavy (non-hydrogen) atoms. The second-order valence-electron chi connectivity index (χ2n) is 9.01. The molecule has 1 heterocycles. The van der Waals surface area contributed by atoms with E-state index in [1.165, 1.54) is 0 Å². The zero-order valence-electron chi connectivity index (χ0n) is 19.4. The Labute approximate surface area is 190 Å². The van der Waals surface area contributed by atoms with Crippen LogP contribution in [0.15, 0.2) is 71.8 Å². The molecule has 0 radical (unpaired) electrons. The summed E-state index contributed by atoms with van der Waals surface area (Å²) in [4.78, 5) is 17.8. The van der Waals surface area contributed by atoms with Crippen LogP contribution in [0.4, 0.5) is 0 Å². The second kappa shape index (κ2) is 10.2. The minimum atomic E-state index is 0.0335. The van der Waals surface area contributed by atoms with Crippen molar-refractivity contribution in [2.45, 2.75) is 37.8 Å². The largest absolute Gasteiger partial charge is 0.457 e. The van der Waals surface area contributed by atoms with Crippen LogP contribution in [-0.2, 0) is 0 Å². The molecule has 1 aliphatic carbocycles. The van der Waals surface area contributed by atoms with Gasteiger partial charge in [0, 0.05) is 37.6 Å². The maximum Gasteiger partial charge on any atom is 0.332 e. The molecule has 2 aromatic carbocycles. The van der Waals surface area contributed by atoms with Crippen LogP contribution in [0, 0.1) is 0 Å². The minimum absolute atomic E-state index is 0.0335. The van der Waals surface area contributed by atoms with Crippen LogP contribution in [0.5, 0.6) is 11.5 Å². The average Bonchev–Trinajstić information content (AvgIpc) is 3.20. The Morgan fingerprint density at radius 3 is 2.16 bits per heavy atom. The van der Waals surface area contributed by atoms with Gasteiger partial charge in [-0.05, 0) is 83.2 Å². The molecule has 0 aliphatic heterocycles. The molecule has 0 unspecified atom stereocenters. The molecule has 1 saturated carbocycles. The van der Waals surface area contributed by atoms with Crippen LogP contribution < -0.4 is 10.4 Å². The monoisotopic (exact) mass is 434 g/mol. The standard InChI is InChI=1S/C26H34N4O2/c1-27(2)17-18-28(3)21-9-11-22(12-10-21)29-19-20-30(26(29)31)23-13-15-25(16-14-23)32-24-7-5-4-6-8-24/h4-8,13-16,19-22H,9-12,17-18H2,1-3H3. The van der Waals surface area contributed by atoms with Gasteiger partial charge < -0.3 is 14.5 Å². The number of benzene rings is 2. The normalized spacial score (nSPS) is 18.9. The molecule has 170 valence electrons. The molecule has 4 rings (SSSR count). The molecule has 3 aromatic rings. The van der Waals surface area contributed by atoms with E-state index in [9.17, 15) is 4.79 Å². The second-order valence-corrected chi connectivity index (χ2v) is 9.01. The number of imidazole rings is 1. The highest BCUT2D eigenvalue weighted by Gasteiger charge is 2.26. The molecule has 6 nitrogen and oxygen atoms in total. The number of likely N-dealkylation sites (N-methyl/N-ethyl adjacent to an activating group) is 2. The van der Waals surface area contributed by atoms with E-state index in [1.807, 2.05) is 71.6 Å². The number of para-hydroxylation sites is 1. The molecule has 1 fully saturated rings. The molecule has 0 bridgehead atoms. The lowest BCUT2D eigenvalue weighted by Crippen LogP contribution is -2.40. The highest BCUT2D eigenvalue weighted by atomic mass is 16.5. The zero-order chi connectivity index (χ0) is 22.5. The van der Waals surface area contributed by atoms with E-state index in [0.717, 1.165) is 56.0 Å². The first-order valence-corrected chi connectivity index (χ1v) is 11.5. The molecule has 0 amide bonds. The van der Waals surface area contributed by atoms with Crippen molar-refractivity contribution in [1.29, 1.82) is 0 Å². The third-order valence-corrected chi connectivity index (χ3v) is 6.48. The Morgan fingerprint density at radius 2 is 1.50 bits per heavy atom. The maximum absolute atomic E-state index is 13.1. The van der Waals surface area contributed by atoms with Gasteiger partial charge in [0.2, 0.25) is 0 Å². The molecule has 1 aliphatic rings. The molecule has 1 aromatic heterocycles. The SMILES string of the molecule is CN(C)CCN(C)C1CCC(n2ccn(-c3ccc(Oc4ccccc4)cc3)c2=O)CC1. The number of rotatable bonds is 8. The lowest BCUT2D eigenvalue weighted by atomic mass is 9.90. The molecule has 0 spiro atoms. The maximum atomic E-state index is 13.1. The molecule has 0 N–H and O–H groups in total. The van der Waals surface area contributed by atoms with Crippen molar-refractivity contribution in [2.24, 2.45) is 0 Å². The van der Waals surface area contributed by atoms with Crippen molar-refractivity contribution in [2.75, 3.05) is 34.2 Å². The topological polar surface area (TPSA) is 42.6 Å². The highest BCUT2D eigenvalue weighted by Crippen LogP contribution is 2.30. The van der Waals surface area contributed by atoms with Gasteiger partial charge in [-0.2, -0.15) is 0 Å². The molecular formula is C26H34N4O2. The fourth-order valence-corrected chi connectivity index (χ4v) is 4.48. The fraction of sp³-hybridized carbons (Fsp3) is 0.423. The third-order valence-electron chi connectivity index (χ3n) is 6.48. The van der Waals surface area contributed by atoms with E-state index in [1.54, 1.807) is 4.57 Å². The van der Waals surface area contributed by atoms with Gasteiger partial charge in [0.15, 0.2) is 0 Å². The first-order chi connectivity index (χ1) is 15.5. The number of hydrogen-bond acceptors (Lipinski definition) is 4. The van der Waals surface area contributed by atoms with Crippen LogP contribution >= 0.6 is 0 Å². The average molecular weight is 435 g/mol. The lowest BCUT2D eigenvalue weighted by Gasteiger charge is -2.35. The van der Waals surface area contributed by atoms with Gasteiger partial charge in [0.05, 0.1) is 5.69 Å². The van der Waals surface area contributed by atoms with Crippen LogP contribution in [0.2, 0.25) is 0 Å². The van der Waals surface area contributed by atoms with Gasteiger partial charge in [0.25, 0.3) is 0 Å². The molecule has 0 saturated heterocycles. The van der Waals surface area contributed by atoms with Gasteiger partial charge in [-0.25, -0.2) is 4.79 Å². The Balaban J connectivity index is 1.38. The Kier molecular flexibility index (Phi) is 7.12. The van der Waals surface area contributed by atoms with Crippen molar-refractivity contribution in [3.63, 3.8) is 0 Å². The summed E-state index contributed by atoms with van der Waals surface area (Å²) in [5, 5.41) is 0. The van der Waals surface area contributed by atoms with E-state index in [4.69, 9.17) is 4.74 Å². The Hall–Kier alpha value is -2.83. The van der Waals surface area contributed by atoms with E-state index < -0.39 is 0 Å². The van der Waals surface area contributed by atoms with E-state index in [-0.39, 0.29) is 11.7 Å². The van der Waals surface area contributed by atoms with Gasteiger partial charge in [0.1, 0.15) is 11.5 Å². The summed E-state index contributed by atoms with van der Waals surface area (Å²) >= 11 is 0. The van der Waals surface area contributed by atoms with Gasteiger partial charge in [-0.1, -0.05) is 18.2 Å². The summed E-state index contributed by atoms with van der Waals surface area (Å²) in [5.41, 5.74) is 0.886.